The third-order valence-electron chi connectivity index (χ3n) is 3.43. The fraction of sp³-hybridized carbons (Fsp3) is 0.188. The lowest BCUT2D eigenvalue weighted by Gasteiger charge is -2.06. The van der Waals surface area contributed by atoms with Crippen LogP contribution in [0.5, 0.6) is 0 Å². The van der Waals surface area contributed by atoms with Crippen molar-refractivity contribution in [3.8, 4) is 0 Å². The standard InChI is InChI=1S/C16H16N2/c1-11-8-14(17)7-6-12(11)9-15-10-13-4-2-3-5-16(13)18-15/h2-8H,9-10,17H2,1H3. The third kappa shape index (κ3) is 2.02. The van der Waals surface area contributed by atoms with Gasteiger partial charge >= 0.3 is 0 Å². The molecular weight excluding hydrogens is 220 g/mol. The largest absolute Gasteiger partial charge is 0.399 e. The molecule has 1 heterocycles. The number of aliphatic imine (C=N–C) groups is 1. The Labute approximate surface area is 107 Å². The van der Waals surface area contributed by atoms with Gasteiger partial charge in [0.2, 0.25) is 0 Å². The molecule has 1 aliphatic rings. The van der Waals surface area contributed by atoms with Crippen molar-refractivity contribution in [2.75, 3.05) is 5.73 Å². The van der Waals surface area contributed by atoms with Crippen LogP contribution < -0.4 is 5.73 Å². The van der Waals surface area contributed by atoms with Gasteiger partial charge in [-0.25, -0.2) is 0 Å². The van der Waals surface area contributed by atoms with Gasteiger partial charge in [-0.1, -0.05) is 24.3 Å². The highest BCUT2D eigenvalue weighted by molar-refractivity contribution is 5.95. The molecule has 0 saturated heterocycles. The van der Waals surface area contributed by atoms with Crippen LogP contribution in [0.15, 0.2) is 47.5 Å². The Bertz CT molecular complexity index is 627. The van der Waals surface area contributed by atoms with Crippen LogP contribution in [0.3, 0.4) is 0 Å². The Morgan fingerprint density at radius 2 is 2.00 bits per heavy atom. The van der Waals surface area contributed by atoms with Crippen molar-refractivity contribution < 1.29 is 0 Å². The topological polar surface area (TPSA) is 38.4 Å². The molecule has 2 heteroatoms. The quantitative estimate of drug-likeness (QED) is 0.797. The molecule has 0 fully saturated rings. The molecule has 3 rings (SSSR count). The molecule has 0 radical (unpaired) electrons. The lowest BCUT2D eigenvalue weighted by atomic mass is 10.00. The van der Waals surface area contributed by atoms with Gasteiger partial charge in [0, 0.05) is 24.2 Å². The fourth-order valence-corrected chi connectivity index (χ4v) is 2.44. The second-order valence-electron chi connectivity index (χ2n) is 4.85. The Hall–Kier alpha value is -2.09. The SMILES string of the molecule is Cc1cc(N)ccc1CC1=Nc2ccccc2C1. The minimum Gasteiger partial charge on any atom is -0.399 e. The first-order valence-corrected chi connectivity index (χ1v) is 6.22. The molecule has 90 valence electrons. The van der Waals surface area contributed by atoms with Crippen LogP contribution >= 0.6 is 0 Å². The maximum atomic E-state index is 5.77. The van der Waals surface area contributed by atoms with Gasteiger partial charge < -0.3 is 5.73 Å². The number of anilines is 1. The first-order valence-electron chi connectivity index (χ1n) is 6.22. The van der Waals surface area contributed by atoms with E-state index in [0.29, 0.717) is 0 Å². The molecule has 2 N–H and O–H groups in total. The number of hydrogen-bond donors (Lipinski definition) is 1. The lowest BCUT2D eigenvalue weighted by Crippen LogP contribution is -2.04. The Kier molecular flexibility index (Phi) is 2.63. The van der Waals surface area contributed by atoms with Gasteiger partial charge in [-0.3, -0.25) is 4.99 Å². The average molecular weight is 236 g/mol. The summed E-state index contributed by atoms with van der Waals surface area (Å²) in [6.07, 6.45) is 1.89. The predicted octanol–water partition coefficient (Wildman–Crippen LogP) is 3.45. The number of nitrogens with two attached hydrogens (primary N) is 1. The van der Waals surface area contributed by atoms with E-state index >= 15 is 0 Å². The molecule has 2 aromatic rings. The molecule has 0 aromatic heterocycles. The number of aryl methyl sites for hydroxylation is 1. The van der Waals surface area contributed by atoms with Gasteiger partial charge in [0.15, 0.2) is 0 Å². The van der Waals surface area contributed by atoms with E-state index < -0.39 is 0 Å². The maximum absolute atomic E-state index is 5.77. The fourth-order valence-electron chi connectivity index (χ4n) is 2.44. The molecule has 0 saturated carbocycles. The van der Waals surface area contributed by atoms with Gasteiger partial charge in [0.25, 0.3) is 0 Å². The molecule has 0 unspecified atom stereocenters. The number of hydrogen-bond acceptors (Lipinski definition) is 2. The monoisotopic (exact) mass is 236 g/mol. The molecule has 0 amide bonds. The van der Waals surface area contributed by atoms with Crippen LogP contribution in [-0.4, -0.2) is 5.71 Å². The molecule has 1 aliphatic heterocycles. The summed E-state index contributed by atoms with van der Waals surface area (Å²) in [6, 6.07) is 14.4. The molecule has 0 bridgehead atoms. The highest BCUT2D eigenvalue weighted by Gasteiger charge is 2.14. The second kappa shape index (κ2) is 4.30. The number of benzene rings is 2. The first kappa shape index (κ1) is 11.0. The summed E-state index contributed by atoms with van der Waals surface area (Å²) in [6.45, 7) is 2.11. The zero-order chi connectivity index (χ0) is 12.5. The number of nitrogen functional groups attached to an aromatic ring is 1. The molecule has 0 aliphatic carbocycles. The zero-order valence-corrected chi connectivity index (χ0v) is 10.5. The number of fused-ring (bicyclic) bond motifs is 1. The smallest absolute Gasteiger partial charge is 0.0665 e. The molecule has 18 heavy (non-hydrogen) atoms. The summed E-state index contributed by atoms with van der Waals surface area (Å²) in [5, 5.41) is 0. The first-order chi connectivity index (χ1) is 8.72. The van der Waals surface area contributed by atoms with Crippen LogP contribution in [0.2, 0.25) is 0 Å². The lowest BCUT2D eigenvalue weighted by molar-refractivity contribution is 1.22. The van der Waals surface area contributed by atoms with Crippen molar-refractivity contribution in [3.63, 3.8) is 0 Å². The van der Waals surface area contributed by atoms with Crippen molar-refractivity contribution in [1.82, 2.24) is 0 Å². The van der Waals surface area contributed by atoms with Gasteiger partial charge in [0.05, 0.1) is 5.69 Å². The van der Waals surface area contributed by atoms with E-state index in [2.05, 4.69) is 31.2 Å². The molecule has 2 nitrogen and oxygen atoms in total. The van der Waals surface area contributed by atoms with Crippen LogP contribution in [0.25, 0.3) is 0 Å². The highest BCUT2D eigenvalue weighted by Crippen LogP contribution is 2.27. The van der Waals surface area contributed by atoms with E-state index in [4.69, 9.17) is 10.7 Å². The van der Waals surface area contributed by atoms with Gasteiger partial charge in [-0.05, 0) is 41.8 Å². The van der Waals surface area contributed by atoms with E-state index in [-0.39, 0.29) is 0 Å². The van der Waals surface area contributed by atoms with Crippen molar-refractivity contribution in [2.45, 2.75) is 19.8 Å². The second-order valence-corrected chi connectivity index (χ2v) is 4.85. The summed E-state index contributed by atoms with van der Waals surface area (Å²) < 4.78 is 0. The Balaban J connectivity index is 1.84. The molecular formula is C16H16N2. The normalized spacial score (nSPS) is 13.3. The van der Waals surface area contributed by atoms with Crippen LogP contribution in [0, 0.1) is 6.92 Å². The van der Waals surface area contributed by atoms with Gasteiger partial charge in [-0.15, -0.1) is 0 Å². The molecule has 2 aromatic carbocycles. The van der Waals surface area contributed by atoms with E-state index in [9.17, 15) is 0 Å². The van der Waals surface area contributed by atoms with E-state index in [1.807, 2.05) is 18.2 Å². The average Bonchev–Trinajstić information content (AvgIpc) is 2.75. The zero-order valence-electron chi connectivity index (χ0n) is 10.5. The minimum atomic E-state index is 0.827. The maximum Gasteiger partial charge on any atom is 0.0665 e. The van der Waals surface area contributed by atoms with Gasteiger partial charge in [-0.2, -0.15) is 0 Å². The van der Waals surface area contributed by atoms with E-state index in [1.54, 1.807) is 0 Å². The van der Waals surface area contributed by atoms with E-state index in [0.717, 1.165) is 24.2 Å². The Morgan fingerprint density at radius 1 is 1.17 bits per heavy atom. The van der Waals surface area contributed by atoms with Crippen molar-refractivity contribution in [1.29, 1.82) is 0 Å². The summed E-state index contributed by atoms with van der Waals surface area (Å²) in [7, 11) is 0. The number of nitrogens with zero attached hydrogens (tertiary/aromatic N) is 1. The minimum absolute atomic E-state index is 0.827. The van der Waals surface area contributed by atoms with Crippen LogP contribution in [-0.2, 0) is 12.8 Å². The van der Waals surface area contributed by atoms with Crippen molar-refractivity contribution >= 4 is 17.1 Å². The summed E-state index contributed by atoms with van der Waals surface area (Å²) in [4.78, 5) is 4.70. The van der Waals surface area contributed by atoms with Gasteiger partial charge in [0.1, 0.15) is 0 Å². The third-order valence-corrected chi connectivity index (χ3v) is 3.43. The van der Waals surface area contributed by atoms with Crippen molar-refractivity contribution in [2.24, 2.45) is 4.99 Å². The number of para-hydroxylation sites is 1. The predicted molar refractivity (Wildman–Crippen MR) is 76.5 cm³/mol. The highest BCUT2D eigenvalue weighted by atomic mass is 14.8. The van der Waals surface area contributed by atoms with Crippen LogP contribution in [0.4, 0.5) is 11.4 Å². The Morgan fingerprint density at radius 3 is 2.78 bits per heavy atom. The summed E-state index contributed by atoms with van der Waals surface area (Å²) in [5.74, 6) is 0. The molecule has 0 spiro atoms. The summed E-state index contributed by atoms with van der Waals surface area (Å²) >= 11 is 0. The molecule has 0 atom stereocenters. The number of rotatable bonds is 2. The summed E-state index contributed by atoms with van der Waals surface area (Å²) in [5.41, 5.74) is 12.9. The van der Waals surface area contributed by atoms with E-state index in [1.165, 1.54) is 22.4 Å². The van der Waals surface area contributed by atoms with Crippen LogP contribution in [0.1, 0.15) is 16.7 Å². The van der Waals surface area contributed by atoms with Crippen molar-refractivity contribution in [3.05, 3.63) is 59.2 Å².